The quantitative estimate of drug-likeness (QED) is 0.641. The fourth-order valence-corrected chi connectivity index (χ4v) is 0.861. The Labute approximate surface area is 81.5 Å². The summed E-state index contributed by atoms with van der Waals surface area (Å²) in [6.07, 6.45) is 1.41. The van der Waals surface area contributed by atoms with Gasteiger partial charge in [-0.2, -0.15) is 5.26 Å². The first-order valence-electron chi connectivity index (χ1n) is 3.87. The molecular weight excluding hydrogens is 182 g/mol. The Morgan fingerprint density at radius 2 is 2.43 bits per heavy atom. The smallest absolute Gasteiger partial charge is 0.274 e. The van der Waals surface area contributed by atoms with Crippen LogP contribution in [-0.4, -0.2) is 30.1 Å². The van der Waals surface area contributed by atoms with Crippen molar-refractivity contribution in [2.24, 2.45) is 0 Å². The Morgan fingerprint density at radius 3 is 3.00 bits per heavy atom. The molecule has 0 radical (unpaired) electrons. The van der Waals surface area contributed by atoms with Crippen LogP contribution in [-0.2, 0) is 4.84 Å². The highest BCUT2D eigenvalue weighted by atomic mass is 16.7. The first kappa shape index (κ1) is 10.2. The molecule has 0 N–H and O–H groups in total. The number of nitriles is 1. The molecule has 14 heavy (non-hydrogen) atoms. The zero-order valence-corrected chi connectivity index (χ0v) is 7.89. The van der Waals surface area contributed by atoms with Crippen LogP contribution in [0.5, 0.6) is 0 Å². The summed E-state index contributed by atoms with van der Waals surface area (Å²) < 4.78 is 0. The molecule has 0 bridgehead atoms. The lowest BCUT2D eigenvalue weighted by Crippen LogP contribution is -2.26. The van der Waals surface area contributed by atoms with Crippen LogP contribution in [0.15, 0.2) is 18.3 Å². The van der Waals surface area contributed by atoms with E-state index in [9.17, 15) is 4.79 Å². The average Bonchev–Trinajstić information content (AvgIpc) is 2.27. The predicted octanol–water partition coefficient (Wildman–Crippen LogP) is 0.587. The van der Waals surface area contributed by atoms with Crippen molar-refractivity contribution in [2.45, 2.75) is 0 Å². The van der Waals surface area contributed by atoms with Crippen LogP contribution < -0.4 is 0 Å². The molecule has 0 aliphatic carbocycles. The molecule has 0 aliphatic heterocycles. The van der Waals surface area contributed by atoms with Gasteiger partial charge in [0, 0.05) is 13.2 Å². The number of hydrogen-bond donors (Lipinski definition) is 0. The molecule has 72 valence electrons. The van der Waals surface area contributed by atoms with Crippen molar-refractivity contribution in [3.8, 4) is 6.07 Å². The van der Waals surface area contributed by atoms with Crippen LogP contribution in [0, 0.1) is 11.3 Å². The first-order valence-corrected chi connectivity index (χ1v) is 3.87. The molecule has 0 aliphatic rings. The average molecular weight is 191 g/mol. The lowest BCUT2D eigenvalue weighted by Gasteiger charge is -2.12. The number of pyridine rings is 1. The van der Waals surface area contributed by atoms with Gasteiger partial charge in [0.25, 0.3) is 5.91 Å². The summed E-state index contributed by atoms with van der Waals surface area (Å²) in [6, 6.07) is 4.87. The summed E-state index contributed by atoms with van der Waals surface area (Å²) in [6.45, 7) is 0. The van der Waals surface area contributed by atoms with E-state index in [2.05, 4.69) is 4.98 Å². The van der Waals surface area contributed by atoms with Crippen molar-refractivity contribution in [1.82, 2.24) is 10.0 Å². The van der Waals surface area contributed by atoms with Crippen LogP contribution in [0.2, 0.25) is 0 Å². The second kappa shape index (κ2) is 4.35. The zero-order valence-electron chi connectivity index (χ0n) is 7.89. The molecular formula is C9H9N3O2. The van der Waals surface area contributed by atoms with Gasteiger partial charge in [-0.05, 0) is 12.1 Å². The van der Waals surface area contributed by atoms with E-state index in [1.54, 1.807) is 0 Å². The van der Waals surface area contributed by atoms with E-state index >= 15 is 0 Å². The molecule has 0 aromatic carbocycles. The summed E-state index contributed by atoms with van der Waals surface area (Å²) in [5, 5.41) is 9.65. The monoisotopic (exact) mass is 191 g/mol. The van der Waals surface area contributed by atoms with Crippen LogP contribution >= 0.6 is 0 Å². The van der Waals surface area contributed by atoms with Gasteiger partial charge in [0.2, 0.25) is 0 Å². The van der Waals surface area contributed by atoms with Crippen LogP contribution in [0.25, 0.3) is 0 Å². The molecule has 1 amide bonds. The highest BCUT2D eigenvalue weighted by molar-refractivity contribution is 5.91. The van der Waals surface area contributed by atoms with Gasteiger partial charge in [0.05, 0.1) is 18.7 Å². The van der Waals surface area contributed by atoms with E-state index in [0.717, 1.165) is 5.06 Å². The maximum atomic E-state index is 11.5. The minimum Gasteiger partial charge on any atom is -0.274 e. The van der Waals surface area contributed by atoms with Crippen molar-refractivity contribution in [2.75, 3.05) is 14.2 Å². The zero-order chi connectivity index (χ0) is 10.6. The molecule has 1 rings (SSSR count). The normalized spacial score (nSPS) is 9.21. The number of carbonyl (C=O) groups excluding carboxylic acids is 1. The summed E-state index contributed by atoms with van der Waals surface area (Å²) in [5.41, 5.74) is 0.584. The molecule has 5 nitrogen and oxygen atoms in total. The molecule has 1 aromatic rings. The van der Waals surface area contributed by atoms with Gasteiger partial charge in [-0.15, -0.1) is 0 Å². The topological polar surface area (TPSA) is 66.2 Å². The molecule has 5 heteroatoms. The van der Waals surface area contributed by atoms with E-state index in [1.807, 2.05) is 6.07 Å². The summed E-state index contributed by atoms with van der Waals surface area (Å²) in [7, 11) is 2.86. The molecule has 0 atom stereocenters. The summed E-state index contributed by atoms with van der Waals surface area (Å²) in [4.78, 5) is 20.0. The maximum Gasteiger partial charge on any atom is 0.295 e. The van der Waals surface area contributed by atoms with E-state index < -0.39 is 0 Å². The van der Waals surface area contributed by atoms with Crippen LogP contribution in [0.3, 0.4) is 0 Å². The number of nitrogens with zero attached hydrogens (tertiary/aromatic N) is 3. The lowest BCUT2D eigenvalue weighted by atomic mass is 10.2. The molecule has 0 fully saturated rings. The Kier molecular flexibility index (Phi) is 3.15. The van der Waals surface area contributed by atoms with Crippen molar-refractivity contribution < 1.29 is 9.63 Å². The largest absolute Gasteiger partial charge is 0.295 e. The number of amides is 1. The van der Waals surface area contributed by atoms with Crippen molar-refractivity contribution in [1.29, 1.82) is 5.26 Å². The Morgan fingerprint density at radius 1 is 1.71 bits per heavy atom. The summed E-state index contributed by atoms with van der Waals surface area (Å²) in [5.74, 6) is -0.385. The molecule has 0 saturated carbocycles. The van der Waals surface area contributed by atoms with Crippen molar-refractivity contribution >= 4 is 5.91 Å². The third-order valence-electron chi connectivity index (χ3n) is 1.67. The van der Waals surface area contributed by atoms with E-state index in [4.69, 9.17) is 10.1 Å². The van der Waals surface area contributed by atoms with Crippen LogP contribution in [0.1, 0.15) is 16.1 Å². The van der Waals surface area contributed by atoms with E-state index in [-0.39, 0.29) is 11.6 Å². The summed E-state index contributed by atoms with van der Waals surface area (Å²) >= 11 is 0. The standard InChI is InChI=1S/C9H9N3O2/c1-12(14-2)9(13)8-5-7(6-10)3-4-11-8/h3-5H,1-2H3. The van der Waals surface area contributed by atoms with Gasteiger partial charge in [-0.25, -0.2) is 5.06 Å². The fourth-order valence-electron chi connectivity index (χ4n) is 0.861. The van der Waals surface area contributed by atoms with Gasteiger partial charge in [-0.1, -0.05) is 0 Å². The third-order valence-corrected chi connectivity index (χ3v) is 1.67. The fraction of sp³-hybridized carbons (Fsp3) is 0.222. The minimum absolute atomic E-state index is 0.188. The number of hydrogen-bond acceptors (Lipinski definition) is 4. The Hall–Kier alpha value is -1.93. The molecule has 1 aromatic heterocycles. The van der Waals surface area contributed by atoms with Crippen molar-refractivity contribution in [3.63, 3.8) is 0 Å². The van der Waals surface area contributed by atoms with Gasteiger partial charge in [-0.3, -0.25) is 14.6 Å². The second-order valence-corrected chi connectivity index (χ2v) is 2.53. The SMILES string of the molecule is CON(C)C(=O)c1cc(C#N)ccn1. The maximum absolute atomic E-state index is 11.5. The van der Waals surface area contributed by atoms with Gasteiger partial charge in [0.15, 0.2) is 0 Å². The molecule has 0 unspecified atom stereocenters. The van der Waals surface area contributed by atoms with E-state index in [0.29, 0.717) is 5.56 Å². The number of hydroxylamine groups is 2. The van der Waals surface area contributed by atoms with Gasteiger partial charge >= 0.3 is 0 Å². The highest BCUT2D eigenvalue weighted by Crippen LogP contribution is 2.03. The lowest BCUT2D eigenvalue weighted by molar-refractivity contribution is -0.0760. The Balaban J connectivity index is 2.97. The van der Waals surface area contributed by atoms with Crippen LogP contribution in [0.4, 0.5) is 0 Å². The van der Waals surface area contributed by atoms with Gasteiger partial charge < -0.3 is 0 Å². The molecule has 0 saturated heterocycles. The third kappa shape index (κ3) is 2.06. The number of rotatable bonds is 2. The van der Waals surface area contributed by atoms with Gasteiger partial charge in [0.1, 0.15) is 5.69 Å². The Bertz CT molecular complexity index is 384. The molecule has 1 heterocycles. The van der Waals surface area contributed by atoms with Crippen molar-refractivity contribution in [3.05, 3.63) is 29.6 Å². The minimum atomic E-state index is -0.385. The predicted molar refractivity (Wildman–Crippen MR) is 48.1 cm³/mol. The first-order chi connectivity index (χ1) is 6.69. The number of aromatic nitrogens is 1. The molecule has 0 spiro atoms. The van der Waals surface area contributed by atoms with E-state index in [1.165, 1.54) is 32.5 Å². The number of carbonyl (C=O) groups is 1. The second-order valence-electron chi connectivity index (χ2n) is 2.53. The highest BCUT2D eigenvalue weighted by Gasteiger charge is 2.12.